The van der Waals surface area contributed by atoms with E-state index in [1.54, 1.807) is 12.2 Å². The number of esters is 1. The molecule has 27 heavy (non-hydrogen) atoms. The van der Waals surface area contributed by atoms with Crippen LogP contribution >= 0.6 is 0 Å². The van der Waals surface area contributed by atoms with Gasteiger partial charge in [-0.25, -0.2) is 0 Å². The topological polar surface area (TPSA) is 114 Å². The van der Waals surface area contributed by atoms with Crippen LogP contribution in [-0.4, -0.2) is 62.4 Å². The summed E-state index contributed by atoms with van der Waals surface area (Å²) >= 11 is 0. The third-order valence-corrected chi connectivity index (χ3v) is 3.51. The maximum absolute atomic E-state index is 12.2. The van der Waals surface area contributed by atoms with Gasteiger partial charge in [0.2, 0.25) is 11.8 Å². The maximum Gasteiger partial charge on any atom is 0.305 e. The van der Waals surface area contributed by atoms with E-state index in [9.17, 15) is 14.4 Å². The molecule has 154 valence electrons. The van der Waals surface area contributed by atoms with E-state index >= 15 is 0 Å². The van der Waals surface area contributed by atoms with Gasteiger partial charge in [-0.05, 0) is 19.3 Å². The van der Waals surface area contributed by atoms with Crippen LogP contribution in [0.5, 0.6) is 0 Å². The van der Waals surface area contributed by atoms with E-state index < -0.39 is 5.92 Å². The van der Waals surface area contributed by atoms with Gasteiger partial charge in [-0.2, -0.15) is 0 Å². The van der Waals surface area contributed by atoms with Crippen LogP contribution < -0.4 is 10.6 Å². The van der Waals surface area contributed by atoms with Crippen LogP contribution in [0.1, 0.15) is 32.1 Å². The fourth-order valence-corrected chi connectivity index (χ4v) is 2.16. The highest BCUT2D eigenvalue weighted by molar-refractivity contribution is 5.85. The van der Waals surface area contributed by atoms with Crippen molar-refractivity contribution in [3.63, 3.8) is 0 Å². The van der Waals surface area contributed by atoms with Gasteiger partial charge >= 0.3 is 5.97 Å². The molecule has 8 nitrogen and oxygen atoms in total. The fourth-order valence-electron chi connectivity index (χ4n) is 2.16. The van der Waals surface area contributed by atoms with Gasteiger partial charge in [-0.15, -0.1) is 13.2 Å². The van der Waals surface area contributed by atoms with Gasteiger partial charge in [-0.3, -0.25) is 14.4 Å². The average Bonchev–Trinajstić information content (AvgIpc) is 2.64. The van der Waals surface area contributed by atoms with Crippen molar-refractivity contribution in [2.45, 2.75) is 32.1 Å². The minimum absolute atomic E-state index is 0.0270. The molecule has 2 amide bonds. The van der Waals surface area contributed by atoms with Gasteiger partial charge in [0.1, 0.15) is 6.61 Å². The van der Waals surface area contributed by atoms with Gasteiger partial charge in [-0.1, -0.05) is 12.2 Å². The first kappa shape index (κ1) is 24.8. The number of hydrogen-bond donors (Lipinski definition) is 3. The summed E-state index contributed by atoms with van der Waals surface area (Å²) in [5, 5.41) is 13.9. The summed E-state index contributed by atoms with van der Waals surface area (Å²) in [4.78, 5) is 35.6. The number of allylic oxidation sites excluding steroid dienone is 2. The molecule has 0 heterocycles. The molecule has 8 heteroatoms. The molecule has 0 saturated heterocycles. The Morgan fingerprint density at radius 1 is 1.04 bits per heavy atom. The zero-order valence-electron chi connectivity index (χ0n) is 15.9. The Morgan fingerprint density at radius 2 is 1.78 bits per heavy atom. The molecular formula is C19H32N2O6. The highest BCUT2D eigenvalue weighted by Crippen LogP contribution is 2.09. The van der Waals surface area contributed by atoms with E-state index in [-0.39, 0.29) is 50.6 Å². The van der Waals surface area contributed by atoms with E-state index in [1.807, 2.05) is 0 Å². The molecule has 0 spiro atoms. The number of nitrogens with one attached hydrogen (secondary N) is 2. The zero-order valence-corrected chi connectivity index (χ0v) is 15.9. The van der Waals surface area contributed by atoms with Crippen molar-refractivity contribution >= 4 is 17.8 Å². The number of aliphatic hydroxyl groups excluding tert-OH is 1. The Kier molecular flexibility index (Phi) is 15.8. The van der Waals surface area contributed by atoms with Gasteiger partial charge in [0, 0.05) is 19.4 Å². The lowest BCUT2D eigenvalue weighted by Crippen LogP contribution is -2.37. The molecular weight excluding hydrogens is 352 g/mol. The molecule has 0 aliphatic heterocycles. The number of hydrogen-bond acceptors (Lipinski definition) is 6. The second-order valence-electron chi connectivity index (χ2n) is 5.80. The molecule has 0 aromatic heterocycles. The van der Waals surface area contributed by atoms with E-state index in [2.05, 4.69) is 23.8 Å². The van der Waals surface area contributed by atoms with Crippen LogP contribution in [0.4, 0.5) is 0 Å². The third-order valence-electron chi connectivity index (χ3n) is 3.51. The number of amides is 2. The lowest BCUT2D eigenvalue weighted by molar-refractivity contribution is -0.144. The molecule has 0 aliphatic rings. The monoisotopic (exact) mass is 384 g/mol. The summed E-state index contributed by atoms with van der Waals surface area (Å²) in [5.74, 6) is -1.40. The smallest absolute Gasteiger partial charge is 0.305 e. The van der Waals surface area contributed by atoms with Crippen molar-refractivity contribution in [1.82, 2.24) is 10.6 Å². The lowest BCUT2D eigenvalue weighted by atomic mass is 10.00. The molecule has 0 fully saturated rings. The third kappa shape index (κ3) is 14.6. The van der Waals surface area contributed by atoms with Gasteiger partial charge in [0.25, 0.3) is 0 Å². The van der Waals surface area contributed by atoms with Gasteiger partial charge < -0.3 is 25.2 Å². The fraction of sp³-hybridized carbons (Fsp3) is 0.632. The van der Waals surface area contributed by atoms with Crippen molar-refractivity contribution in [3.05, 3.63) is 25.3 Å². The first-order chi connectivity index (χ1) is 13.0. The van der Waals surface area contributed by atoms with Crippen molar-refractivity contribution in [1.29, 1.82) is 0 Å². The predicted octanol–water partition coefficient (Wildman–Crippen LogP) is 0.710. The van der Waals surface area contributed by atoms with Crippen LogP contribution in [-0.2, 0) is 23.9 Å². The molecule has 0 saturated carbocycles. The van der Waals surface area contributed by atoms with Crippen molar-refractivity contribution in [2.75, 3.05) is 39.5 Å². The maximum atomic E-state index is 12.2. The van der Waals surface area contributed by atoms with E-state index in [0.29, 0.717) is 32.4 Å². The van der Waals surface area contributed by atoms with Crippen LogP contribution in [0.2, 0.25) is 0 Å². The van der Waals surface area contributed by atoms with Gasteiger partial charge in [0.15, 0.2) is 0 Å². The Morgan fingerprint density at radius 3 is 2.44 bits per heavy atom. The second-order valence-corrected chi connectivity index (χ2v) is 5.80. The van der Waals surface area contributed by atoms with E-state index in [4.69, 9.17) is 14.6 Å². The molecule has 0 bridgehead atoms. The molecule has 0 aliphatic carbocycles. The highest BCUT2D eigenvalue weighted by atomic mass is 16.5. The molecule has 3 N–H and O–H groups in total. The first-order valence-corrected chi connectivity index (χ1v) is 9.15. The zero-order chi connectivity index (χ0) is 20.3. The van der Waals surface area contributed by atoms with Crippen LogP contribution in [0.25, 0.3) is 0 Å². The normalized spacial score (nSPS) is 11.3. The molecule has 1 atom stereocenters. The van der Waals surface area contributed by atoms with E-state index in [1.165, 1.54) is 0 Å². The summed E-state index contributed by atoms with van der Waals surface area (Å²) in [6, 6.07) is 0. The molecule has 0 unspecified atom stereocenters. The van der Waals surface area contributed by atoms with Crippen LogP contribution in [0, 0.1) is 5.92 Å². The number of ether oxygens (including phenoxy) is 2. The van der Waals surface area contributed by atoms with E-state index in [0.717, 1.165) is 6.42 Å². The average molecular weight is 384 g/mol. The quantitative estimate of drug-likeness (QED) is 0.193. The molecule has 0 aromatic carbocycles. The standard InChI is InChI=1S/C19H32N2O6/c1-3-5-6-8-18(24)27-13-10-21-19(25)16(7-4-2)15-17(23)20-9-12-26-14-11-22/h3-4,16,22H,1-2,5-15H2,(H,20,23)(H,21,25)/t16-/m1/s1. The van der Waals surface area contributed by atoms with Crippen LogP contribution in [0.15, 0.2) is 25.3 Å². The summed E-state index contributed by atoms with van der Waals surface area (Å²) in [6.45, 7) is 8.23. The lowest BCUT2D eigenvalue weighted by Gasteiger charge is -2.15. The summed E-state index contributed by atoms with van der Waals surface area (Å²) in [5.41, 5.74) is 0. The Labute approximate surface area is 161 Å². The number of unbranched alkanes of at least 4 members (excludes halogenated alkanes) is 1. The van der Waals surface area contributed by atoms with Crippen molar-refractivity contribution in [3.8, 4) is 0 Å². The van der Waals surface area contributed by atoms with Crippen LogP contribution in [0.3, 0.4) is 0 Å². The molecule has 0 radical (unpaired) electrons. The second kappa shape index (κ2) is 17.2. The first-order valence-electron chi connectivity index (χ1n) is 9.15. The Balaban J connectivity index is 4.05. The molecule has 0 aromatic rings. The van der Waals surface area contributed by atoms with Crippen molar-refractivity contribution in [2.24, 2.45) is 5.92 Å². The predicted molar refractivity (Wildman–Crippen MR) is 102 cm³/mol. The largest absolute Gasteiger partial charge is 0.464 e. The minimum Gasteiger partial charge on any atom is -0.464 e. The summed E-state index contributed by atoms with van der Waals surface area (Å²) in [7, 11) is 0. The highest BCUT2D eigenvalue weighted by Gasteiger charge is 2.20. The Hall–Kier alpha value is -2.19. The van der Waals surface area contributed by atoms with Crippen molar-refractivity contribution < 1.29 is 29.0 Å². The minimum atomic E-state index is -0.538. The Bertz CT molecular complexity index is 467. The number of aliphatic hydroxyl groups is 1. The SMILES string of the molecule is C=CCCCC(=O)OCCNC(=O)[C@H](CC=C)CC(=O)NCCOCCO. The number of carbonyl (C=O) groups excluding carboxylic acids is 3. The van der Waals surface area contributed by atoms with Gasteiger partial charge in [0.05, 0.1) is 32.3 Å². The number of carbonyl (C=O) groups is 3. The summed E-state index contributed by atoms with van der Waals surface area (Å²) < 4.78 is 10.1. The number of rotatable bonds is 17. The summed E-state index contributed by atoms with van der Waals surface area (Å²) in [6.07, 6.45) is 5.48. The molecule has 0 rings (SSSR count).